The molecule has 3 aromatic rings. The van der Waals surface area contributed by atoms with Crippen molar-refractivity contribution in [2.24, 2.45) is 0 Å². The summed E-state index contributed by atoms with van der Waals surface area (Å²) in [7, 11) is 1.60. The quantitative estimate of drug-likeness (QED) is 0.678. The van der Waals surface area contributed by atoms with E-state index in [1.54, 1.807) is 19.2 Å². The number of nitrogens with one attached hydrogen (secondary N) is 2. The van der Waals surface area contributed by atoms with Crippen LogP contribution >= 0.6 is 0 Å². The summed E-state index contributed by atoms with van der Waals surface area (Å²) in [6.45, 7) is 0.318. The highest BCUT2D eigenvalue weighted by Crippen LogP contribution is 2.11. The third-order valence-corrected chi connectivity index (χ3v) is 4.09. The number of nitrogens with zero attached hydrogens (tertiary/aromatic N) is 1. The van der Waals surface area contributed by atoms with Gasteiger partial charge in [-0.1, -0.05) is 12.1 Å². The van der Waals surface area contributed by atoms with E-state index in [-0.39, 0.29) is 18.4 Å². The monoisotopic (exact) mass is 363 g/mol. The molecule has 2 amide bonds. The molecule has 0 aliphatic rings. The second-order valence-corrected chi connectivity index (χ2v) is 5.94. The fourth-order valence-electron chi connectivity index (χ4n) is 2.56. The first-order valence-corrected chi connectivity index (χ1v) is 8.57. The summed E-state index contributed by atoms with van der Waals surface area (Å²) in [6, 6.07) is 18.5. The number of aromatic nitrogens is 1. The first kappa shape index (κ1) is 18.3. The van der Waals surface area contributed by atoms with Gasteiger partial charge < -0.3 is 19.9 Å². The predicted molar refractivity (Wildman–Crippen MR) is 103 cm³/mol. The number of methoxy groups -OCH3 is 1. The molecule has 1 aromatic heterocycles. The van der Waals surface area contributed by atoms with Gasteiger partial charge in [-0.3, -0.25) is 9.59 Å². The Hall–Kier alpha value is -3.54. The Labute approximate surface area is 157 Å². The highest BCUT2D eigenvalue weighted by atomic mass is 16.5. The number of hydrogen-bond acceptors (Lipinski definition) is 3. The molecule has 0 saturated carbocycles. The van der Waals surface area contributed by atoms with Gasteiger partial charge in [0, 0.05) is 30.2 Å². The maximum absolute atomic E-state index is 12.2. The molecule has 138 valence electrons. The summed E-state index contributed by atoms with van der Waals surface area (Å²) in [5.41, 5.74) is 2.43. The van der Waals surface area contributed by atoms with Crippen molar-refractivity contribution < 1.29 is 14.3 Å². The highest BCUT2D eigenvalue weighted by Gasteiger charge is 2.08. The number of amides is 2. The molecule has 0 aliphatic carbocycles. The first-order chi connectivity index (χ1) is 13.2. The van der Waals surface area contributed by atoms with Crippen molar-refractivity contribution in [1.29, 1.82) is 0 Å². The lowest BCUT2D eigenvalue weighted by molar-refractivity contribution is -0.120. The van der Waals surface area contributed by atoms with Crippen LogP contribution in [0.1, 0.15) is 15.9 Å². The van der Waals surface area contributed by atoms with Crippen LogP contribution in [0.15, 0.2) is 73.1 Å². The van der Waals surface area contributed by atoms with E-state index in [4.69, 9.17) is 4.74 Å². The van der Waals surface area contributed by atoms with Crippen LogP contribution in [-0.4, -0.2) is 30.0 Å². The third-order valence-electron chi connectivity index (χ3n) is 4.09. The molecule has 0 atom stereocenters. The Morgan fingerprint density at radius 2 is 1.59 bits per heavy atom. The van der Waals surface area contributed by atoms with E-state index in [2.05, 4.69) is 10.6 Å². The fraction of sp³-hybridized carbons (Fsp3) is 0.143. The topological polar surface area (TPSA) is 72.4 Å². The van der Waals surface area contributed by atoms with Gasteiger partial charge in [0.15, 0.2) is 0 Å². The molecule has 0 spiro atoms. The average Bonchev–Trinajstić information content (AvgIpc) is 3.26. The molecular weight excluding hydrogens is 342 g/mol. The van der Waals surface area contributed by atoms with Crippen LogP contribution < -0.4 is 15.4 Å². The SMILES string of the molecule is COc1ccc(CNC(=O)CNC(=O)c2ccc(-n3cccc3)cc2)cc1. The summed E-state index contributed by atoms with van der Waals surface area (Å²) in [5.74, 6) is 0.233. The van der Waals surface area contributed by atoms with Crippen molar-refractivity contribution >= 4 is 11.8 Å². The normalized spacial score (nSPS) is 10.3. The van der Waals surface area contributed by atoms with Crippen LogP contribution in [-0.2, 0) is 11.3 Å². The lowest BCUT2D eigenvalue weighted by Crippen LogP contribution is -2.36. The fourth-order valence-corrected chi connectivity index (χ4v) is 2.56. The average molecular weight is 363 g/mol. The van der Waals surface area contributed by atoms with Crippen molar-refractivity contribution in [3.8, 4) is 11.4 Å². The number of carbonyl (C=O) groups excluding carboxylic acids is 2. The van der Waals surface area contributed by atoms with Crippen LogP contribution in [0.4, 0.5) is 0 Å². The van der Waals surface area contributed by atoms with Gasteiger partial charge in [0.2, 0.25) is 5.91 Å². The maximum atomic E-state index is 12.2. The molecule has 1 heterocycles. The van der Waals surface area contributed by atoms with Crippen LogP contribution in [0.3, 0.4) is 0 Å². The van der Waals surface area contributed by atoms with Gasteiger partial charge in [0.25, 0.3) is 5.91 Å². The third kappa shape index (κ3) is 4.98. The zero-order valence-corrected chi connectivity index (χ0v) is 15.0. The summed E-state index contributed by atoms with van der Waals surface area (Å²) in [5, 5.41) is 5.40. The minimum Gasteiger partial charge on any atom is -0.497 e. The molecule has 0 bridgehead atoms. The number of ether oxygens (including phenoxy) is 1. The zero-order chi connectivity index (χ0) is 19.1. The van der Waals surface area contributed by atoms with E-state index in [1.807, 2.05) is 65.5 Å². The lowest BCUT2D eigenvalue weighted by atomic mass is 10.2. The molecule has 0 fully saturated rings. The van der Waals surface area contributed by atoms with Gasteiger partial charge in [0.1, 0.15) is 5.75 Å². The smallest absolute Gasteiger partial charge is 0.251 e. The Morgan fingerprint density at radius 3 is 2.22 bits per heavy atom. The summed E-state index contributed by atoms with van der Waals surface area (Å²) in [4.78, 5) is 24.1. The van der Waals surface area contributed by atoms with Crippen LogP contribution in [0, 0.1) is 0 Å². The van der Waals surface area contributed by atoms with Gasteiger partial charge in [-0.15, -0.1) is 0 Å². The van der Waals surface area contributed by atoms with Gasteiger partial charge in [-0.2, -0.15) is 0 Å². The molecular formula is C21H21N3O3. The molecule has 0 saturated heterocycles. The Balaban J connectivity index is 1.45. The van der Waals surface area contributed by atoms with E-state index in [9.17, 15) is 9.59 Å². The summed E-state index contributed by atoms with van der Waals surface area (Å²) >= 11 is 0. The number of hydrogen-bond donors (Lipinski definition) is 2. The van der Waals surface area contributed by atoms with E-state index < -0.39 is 0 Å². The zero-order valence-electron chi connectivity index (χ0n) is 15.0. The number of carbonyl (C=O) groups is 2. The second-order valence-electron chi connectivity index (χ2n) is 5.94. The molecule has 27 heavy (non-hydrogen) atoms. The van der Waals surface area contributed by atoms with Crippen LogP contribution in [0.2, 0.25) is 0 Å². The van der Waals surface area contributed by atoms with Crippen molar-refractivity contribution in [3.05, 3.63) is 84.2 Å². The molecule has 2 aromatic carbocycles. The molecule has 6 heteroatoms. The highest BCUT2D eigenvalue weighted by molar-refractivity contribution is 5.96. The van der Waals surface area contributed by atoms with Crippen molar-refractivity contribution in [1.82, 2.24) is 15.2 Å². The van der Waals surface area contributed by atoms with Gasteiger partial charge in [-0.05, 0) is 54.1 Å². The minimum atomic E-state index is -0.284. The molecule has 0 radical (unpaired) electrons. The second kappa shape index (κ2) is 8.71. The summed E-state index contributed by atoms with van der Waals surface area (Å²) in [6.07, 6.45) is 3.87. The minimum absolute atomic E-state index is 0.0751. The van der Waals surface area contributed by atoms with Gasteiger partial charge in [0.05, 0.1) is 13.7 Å². The standard InChI is InChI=1S/C21H21N3O3/c1-27-19-10-4-16(5-11-19)14-22-20(25)15-23-21(26)17-6-8-18(9-7-17)24-12-2-3-13-24/h2-13H,14-15H2,1H3,(H,22,25)(H,23,26). The van der Waals surface area contributed by atoms with Crippen LogP contribution in [0.25, 0.3) is 5.69 Å². The van der Waals surface area contributed by atoms with Crippen molar-refractivity contribution in [2.45, 2.75) is 6.54 Å². The molecule has 3 rings (SSSR count). The van der Waals surface area contributed by atoms with E-state index in [0.717, 1.165) is 17.0 Å². The van der Waals surface area contributed by atoms with E-state index in [0.29, 0.717) is 12.1 Å². The Kier molecular flexibility index (Phi) is 5.89. The first-order valence-electron chi connectivity index (χ1n) is 8.57. The predicted octanol–water partition coefficient (Wildman–Crippen LogP) is 2.53. The molecule has 6 nitrogen and oxygen atoms in total. The van der Waals surface area contributed by atoms with Crippen LogP contribution in [0.5, 0.6) is 5.75 Å². The maximum Gasteiger partial charge on any atom is 0.251 e. The molecule has 0 unspecified atom stereocenters. The largest absolute Gasteiger partial charge is 0.497 e. The van der Waals surface area contributed by atoms with Gasteiger partial charge in [-0.25, -0.2) is 0 Å². The van der Waals surface area contributed by atoms with E-state index in [1.165, 1.54) is 0 Å². The summed E-state index contributed by atoms with van der Waals surface area (Å²) < 4.78 is 7.05. The molecule has 0 aliphatic heterocycles. The van der Waals surface area contributed by atoms with Gasteiger partial charge >= 0.3 is 0 Å². The number of benzene rings is 2. The van der Waals surface area contributed by atoms with E-state index >= 15 is 0 Å². The molecule has 2 N–H and O–H groups in total. The lowest BCUT2D eigenvalue weighted by Gasteiger charge is -2.08. The van der Waals surface area contributed by atoms with Crippen molar-refractivity contribution in [2.75, 3.05) is 13.7 Å². The Morgan fingerprint density at radius 1 is 0.926 bits per heavy atom. The Bertz CT molecular complexity index is 885. The van der Waals surface area contributed by atoms with Crippen molar-refractivity contribution in [3.63, 3.8) is 0 Å². The number of rotatable bonds is 7.